The van der Waals surface area contributed by atoms with E-state index < -0.39 is 17.6 Å². The van der Waals surface area contributed by atoms with Crippen molar-refractivity contribution in [3.63, 3.8) is 0 Å². The summed E-state index contributed by atoms with van der Waals surface area (Å²) in [5, 5.41) is 21.3. The first-order valence-corrected chi connectivity index (χ1v) is 23.0. The number of rotatable bonds is 22. The fourth-order valence-electron chi connectivity index (χ4n) is 5.33. The molecule has 14 heteroatoms. The minimum atomic E-state index is -0.611. The Hall–Kier alpha value is -0.740. The molecule has 2 aliphatic heterocycles. The van der Waals surface area contributed by atoms with Gasteiger partial charge in [-0.25, -0.2) is 0 Å². The van der Waals surface area contributed by atoms with Crippen molar-refractivity contribution in [2.45, 2.75) is 53.5 Å². The highest BCUT2D eigenvalue weighted by molar-refractivity contribution is 8.20. The third-order valence-corrected chi connectivity index (χ3v) is 16.8. The van der Waals surface area contributed by atoms with Crippen LogP contribution in [0.25, 0.3) is 0 Å². The first-order chi connectivity index (χ1) is 23.7. The van der Waals surface area contributed by atoms with Gasteiger partial charge in [-0.15, -0.1) is 47.0 Å². The van der Waals surface area contributed by atoms with Crippen LogP contribution in [0.15, 0.2) is 24.3 Å². The second kappa shape index (κ2) is 21.1. The molecule has 2 aromatic rings. The van der Waals surface area contributed by atoms with E-state index in [9.17, 15) is 10.2 Å². The van der Waals surface area contributed by atoms with Gasteiger partial charge < -0.3 is 38.6 Å². The monoisotopic (exact) mass is 792 g/mol. The predicted octanol–water partition coefficient (Wildman–Crippen LogP) is 7.39. The topological polar surface area (TPSA) is 95.8 Å². The second-order valence-corrected chi connectivity index (χ2v) is 20.2. The smallest absolute Gasteiger partial charge is 0.203 e. The van der Waals surface area contributed by atoms with Gasteiger partial charge in [-0.2, -0.15) is 23.5 Å². The van der Waals surface area contributed by atoms with Crippen LogP contribution >= 0.6 is 70.6 Å². The maximum atomic E-state index is 10.6. The molecule has 0 aromatic heterocycles. The number of aliphatic hydroxyl groups excluding tert-OH is 2. The maximum Gasteiger partial charge on any atom is 0.203 e. The van der Waals surface area contributed by atoms with Crippen molar-refractivity contribution >= 4 is 70.6 Å². The lowest BCUT2D eigenvalue weighted by molar-refractivity contribution is 0.122. The minimum absolute atomic E-state index is 0.136. The van der Waals surface area contributed by atoms with Gasteiger partial charge in [0, 0.05) is 39.9 Å². The van der Waals surface area contributed by atoms with Gasteiger partial charge in [-0.1, -0.05) is 13.8 Å². The molecule has 2 aliphatic rings. The molecule has 0 bridgehead atoms. The van der Waals surface area contributed by atoms with Gasteiger partial charge in [0.25, 0.3) is 0 Å². The normalized spacial score (nSPS) is 16.8. The summed E-state index contributed by atoms with van der Waals surface area (Å²) in [5.41, 5.74) is 1.30. The molecule has 2 saturated heterocycles. The highest BCUT2D eigenvalue weighted by Gasteiger charge is 2.30. The Bertz CT molecular complexity index is 1140. The van der Waals surface area contributed by atoms with Gasteiger partial charge in [0.1, 0.15) is 13.2 Å². The molecule has 2 N–H and O–H groups in total. The maximum absolute atomic E-state index is 10.6. The van der Waals surface area contributed by atoms with Crippen LogP contribution in [-0.2, 0) is 5.41 Å². The van der Waals surface area contributed by atoms with Crippen molar-refractivity contribution in [2.24, 2.45) is 0 Å². The summed E-state index contributed by atoms with van der Waals surface area (Å²) in [5.74, 6) is 11.2. The number of methoxy groups -OCH3 is 4. The third-order valence-electron chi connectivity index (χ3n) is 8.20. The molecule has 0 radical (unpaired) electrons. The lowest BCUT2D eigenvalue weighted by Gasteiger charge is -2.29. The van der Waals surface area contributed by atoms with E-state index in [4.69, 9.17) is 28.4 Å². The summed E-state index contributed by atoms with van der Waals surface area (Å²) in [4.78, 5) is 0. The lowest BCUT2D eigenvalue weighted by Crippen LogP contribution is -2.22. The van der Waals surface area contributed by atoms with Gasteiger partial charge in [-0.3, -0.25) is 0 Å². The van der Waals surface area contributed by atoms with E-state index in [1.165, 1.54) is 23.0 Å². The van der Waals surface area contributed by atoms with Gasteiger partial charge in [-0.05, 0) is 59.7 Å². The molecule has 2 atom stereocenters. The highest BCUT2D eigenvalue weighted by atomic mass is 32.2. The molecular formula is C35H52O8S6. The molecule has 0 aliphatic carbocycles. The fraction of sp³-hybridized carbons (Fsp3) is 0.657. The lowest BCUT2D eigenvalue weighted by atomic mass is 9.77. The molecule has 2 heterocycles. The Morgan fingerprint density at radius 3 is 1.27 bits per heavy atom. The first kappa shape index (κ1) is 41.0. The van der Waals surface area contributed by atoms with Crippen LogP contribution < -0.4 is 28.4 Å². The van der Waals surface area contributed by atoms with Gasteiger partial charge in [0.05, 0.1) is 49.8 Å². The Balaban J connectivity index is 1.40. The van der Waals surface area contributed by atoms with Crippen molar-refractivity contribution < 1.29 is 38.6 Å². The summed E-state index contributed by atoms with van der Waals surface area (Å²) in [7, 11) is 6.40. The number of thioether (sulfide) groups is 6. The molecule has 2 fully saturated rings. The number of benzene rings is 2. The molecule has 8 nitrogen and oxygen atoms in total. The summed E-state index contributed by atoms with van der Waals surface area (Å²) in [6, 6.07) is 7.77. The molecular weight excluding hydrogens is 741 g/mol. The van der Waals surface area contributed by atoms with Gasteiger partial charge in [0.15, 0.2) is 23.0 Å². The van der Waals surface area contributed by atoms with Crippen molar-refractivity contribution in [3.05, 3.63) is 35.4 Å². The second-order valence-electron chi connectivity index (χ2n) is 12.0. The summed E-state index contributed by atoms with van der Waals surface area (Å²) >= 11 is 11.7. The average Bonchev–Trinajstić information content (AvgIpc) is 3.84. The summed E-state index contributed by atoms with van der Waals surface area (Å²) < 4.78 is 36.7. The van der Waals surface area contributed by atoms with Crippen molar-refractivity contribution in [3.8, 4) is 34.5 Å². The van der Waals surface area contributed by atoms with Crippen LogP contribution in [0, 0.1) is 0 Å². The zero-order valence-corrected chi connectivity index (χ0v) is 34.3. The van der Waals surface area contributed by atoms with Crippen molar-refractivity contribution in [1.82, 2.24) is 0 Å². The Kier molecular flexibility index (Phi) is 17.7. The molecule has 0 spiro atoms. The van der Waals surface area contributed by atoms with E-state index in [1.807, 2.05) is 71.3 Å². The third kappa shape index (κ3) is 12.2. The Morgan fingerprint density at radius 1 is 0.633 bits per heavy atom. The molecule has 2 aromatic carbocycles. The largest absolute Gasteiger partial charge is 0.493 e. The van der Waals surface area contributed by atoms with E-state index in [0.717, 1.165) is 35.5 Å². The highest BCUT2D eigenvalue weighted by Crippen LogP contribution is 2.47. The number of hydrogen-bond acceptors (Lipinski definition) is 14. The van der Waals surface area contributed by atoms with E-state index in [1.54, 1.807) is 52.0 Å². The quantitative estimate of drug-likeness (QED) is 0.116. The van der Waals surface area contributed by atoms with E-state index in [-0.39, 0.29) is 13.2 Å². The summed E-state index contributed by atoms with van der Waals surface area (Å²) in [6.07, 6.45) is 1.09. The van der Waals surface area contributed by atoms with E-state index in [0.29, 0.717) is 55.2 Å². The Morgan fingerprint density at radius 2 is 0.959 bits per heavy atom. The predicted molar refractivity (Wildman–Crippen MR) is 216 cm³/mol. The van der Waals surface area contributed by atoms with Gasteiger partial charge >= 0.3 is 0 Å². The molecule has 0 amide bonds. The van der Waals surface area contributed by atoms with Crippen LogP contribution in [0.4, 0.5) is 0 Å². The molecule has 0 saturated carbocycles. The van der Waals surface area contributed by atoms with Crippen LogP contribution in [0.2, 0.25) is 0 Å². The molecule has 49 heavy (non-hydrogen) atoms. The zero-order chi connectivity index (χ0) is 35.2. The van der Waals surface area contributed by atoms with E-state index >= 15 is 0 Å². The molecule has 276 valence electrons. The van der Waals surface area contributed by atoms with Gasteiger partial charge in [0.2, 0.25) is 11.5 Å². The van der Waals surface area contributed by atoms with Crippen LogP contribution in [-0.4, -0.2) is 119 Å². The minimum Gasteiger partial charge on any atom is -0.493 e. The van der Waals surface area contributed by atoms with Crippen LogP contribution in [0.5, 0.6) is 34.5 Å². The molecule has 2 unspecified atom stereocenters. The number of ether oxygens (including phenoxy) is 6. The first-order valence-electron chi connectivity index (χ1n) is 16.5. The SMILES string of the molecule is COc1cc(C(C)(C)c2cc(OC)c(OCC(O)CSCCC3SCCS3)c(OC)c2)cc(OC)c1OCC(O)CSCCC1SCCS1. The van der Waals surface area contributed by atoms with Crippen molar-refractivity contribution in [2.75, 3.05) is 87.7 Å². The fourth-order valence-corrected chi connectivity index (χ4v) is 13.5. The van der Waals surface area contributed by atoms with E-state index in [2.05, 4.69) is 13.8 Å². The number of aliphatic hydroxyl groups is 2. The average molecular weight is 793 g/mol. The number of hydrogen-bond donors (Lipinski definition) is 2. The summed E-state index contributed by atoms with van der Waals surface area (Å²) in [6.45, 7) is 4.47. The zero-order valence-electron chi connectivity index (χ0n) is 29.4. The van der Waals surface area contributed by atoms with Crippen LogP contribution in [0.1, 0.15) is 37.8 Å². The standard InChI is InChI=1S/C35H52O8S6/c1-35(2,23-15-27(38-3)33(28(16-23)39-4)42-19-25(36)21-44-9-7-31-46-11-12-47-31)24-17-29(40-5)34(30(18-24)41-6)43-20-26(37)22-45-10-8-32-48-13-14-49-32/h15-18,25-26,31-32,36-37H,7-14,19-22H2,1-6H3. The molecule has 4 rings (SSSR count). The van der Waals surface area contributed by atoms with Crippen molar-refractivity contribution in [1.29, 1.82) is 0 Å². The Labute approximate surface area is 318 Å². The van der Waals surface area contributed by atoms with Crippen LogP contribution in [0.3, 0.4) is 0 Å².